The molecule has 2 aromatic carbocycles. The van der Waals surface area contributed by atoms with Crippen molar-refractivity contribution in [1.82, 2.24) is 10.3 Å². The Hall–Kier alpha value is -3.59. The van der Waals surface area contributed by atoms with Crippen LogP contribution in [0.1, 0.15) is 24.9 Å². The number of nitrogens with one attached hydrogen (secondary N) is 2. The number of hydrogen-bond donors (Lipinski definition) is 2. The second-order valence-corrected chi connectivity index (χ2v) is 7.74. The lowest BCUT2D eigenvalue weighted by Crippen LogP contribution is -2.29. The molecule has 0 spiro atoms. The molecule has 0 unspecified atom stereocenters. The van der Waals surface area contributed by atoms with E-state index < -0.39 is 6.04 Å². The number of nitrogens with zero attached hydrogens (tertiary/aromatic N) is 1. The highest BCUT2D eigenvalue weighted by Crippen LogP contribution is 2.36. The molecule has 1 aliphatic rings. The van der Waals surface area contributed by atoms with Crippen LogP contribution in [0.5, 0.6) is 17.2 Å². The number of methoxy groups -OCH3 is 1. The maximum atomic E-state index is 12.6. The van der Waals surface area contributed by atoms with E-state index >= 15 is 0 Å². The molecule has 31 heavy (non-hydrogen) atoms. The summed E-state index contributed by atoms with van der Waals surface area (Å²) in [5.41, 5.74) is 2.41. The minimum atomic E-state index is -0.461. The first-order valence-electron chi connectivity index (χ1n) is 9.58. The third kappa shape index (κ3) is 4.95. The number of aromatic nitrogens is 1. The summed E-state index contributed by atoms with van der Waals surface area (Å²) >= 11 is 1.33. The highest BCUT2D eigenvalue weighted by atomic mass is 32.1. The molecule has 0 saturated carbocycles. The molecular weight excluding hydrogens is 418 g/mol. The van der Waals surface area contributed by atoms with Crippen LogP contribution in [-0.2, 0) is 9.59 Å². The summed E-state index contributed by atoms with van der Waals surface area (Å²) in [4.78, 5) is 28.8. The normalized spacial score (nSPS) is 12.8. The molecule has 0 bridgehead atoms. The first-order valence-corrected chi connectivity index (χ1v) is 10.5. The van der Waals surface area contributed by atoms with Crippen molar-refractivity contribution in [2.24, 2.45) is 0 Å². The molecule has 0 fully saturated rings. The molecule has 2 heterocycles. The average molecular weight is 439 g/mol. The number of amides is 2. The number of thiazole rings is 1. The van der Waals surface area contributed by atoms with Gasteiger partial charge in [0.25, 0.3) is 0 Å². The lowest BCUT2D eigenvalue weighted by atomic mass is 10.0. The van der Waals surface area contributed by atoms with E-state index in [1.54, 1.807) is 19.2 Å². The van der Waals surface area contributed by atoms with Crippen molar-refractivity contribution >= 4 is 28.3 Å². The molecule has 1 atom stereocenters. The number of carbonyl (C=O) groups excluding carboxylic acids is 2. The van der Waals surface area contributed by atoms with E-state index in [2.05, 4.69) is 15.6 Å². The standard InChI is InChI=1S/C22H21N3O5S/c1-13(26)23-17(14-3-6-16(28-2)7-4-14)10-21(27)25-22-24-18(11-31-22)15-5-8-19-20(9-15)30-12-29-19/h3-9,11,17H,10,12H2,1-2H3,(H,23,26)(H,24,25,27)/t17-/m1/s1. The van der Waals surface area contributed by atoms with Gasteiger partial charge in [0.2, 0.25) is 18.6 Å². The monoisotopic (exact) mass is 439 g/mol. The first kappa shape index (κ1) is 20.7. The Morgan fingerprint density at radius 1 is 1.16 bits per heavy atom. The summed E-state index contributed by atoms with van der Waals surface area (Å²) in [5, 5.41) is 7.98. The number of ether oxygens (including phenoxy) is 3. The summed E-state index contributed by atoms with van der Waals surface area (Å²) < 4.78 is 15.9. The van der Waals surface area contributed by atoms with Crippen LogP contribution < -0.4 is 24.8 Å². The number of anilines is 1. The summed E-state index contributed by atoms with van der Waals surface area (Å²) in [5.74, 6) is 1.62. The fourth-order valence-corrected chi connectivity index (χ4v) is 3.94. The van der Waals surface area contributed by atoms with Gasteiger partial charge in [0.1, 0.15) is 5.75 Å². The number of fused-ring (bicyclic) bond motifs is 1. The van der Waals surface area contributed by atoms with Crippen LogP contribution in [0.15, 0.2) is 47.8 Å². The zero-order valence-corrected chi connectivity index (χ0v) is 17.8. The van der Waals surface area contributed by atoms with Crippen molar-refractivity contribution in [3.8, 4) is 28.5 Å². The molecule has 8 nitrogen and oxygen atoms in total. The Bertz CT molecular complexity index is 1100. The molecule has 3 aromatic rings. The third-order valence-corrected chi connectivity index (χ3v) is 5.46. The van der Waals surface area contributed by atoms with E-state index in [-0.39, 0.29) is 25.0 Å². The summed E-state index contributed by atoms with van der Waals surface area (Å²) in [7, 11) is 1.58. The van der Waals surface area contributed by atoms with Crippen LogP contribution in [-0.4, -0.2) is 30.7 Å². The summed E-state index contributed by atoms with van der Waals surface area (Å²) in [6.45, 7) is 1.63. The van der Waals surface area contributed by atoms with Crippen molar-refractivity contribution in [1.29, 1.82) is 0 Å². The first-order chi connectivity index (χ1) is 15.0. The second kappa shape index (κ2) is 9.05. The Morgan fingerprint density at radius 3 is 2.68 bits per heavy atom. The molecule has 2 amide bonds. The molecule has 1 aliphatic heterocycles. The molecule has 9 heteroatoms. The van der Waals surface area contributed by atoms with Crippen LogP contribution in [0.4, 0.5) is 5.13 Å². The van der Waals surface area contributed by atoms with E-state index in [1.165, 1.54) is 18.3 Å². The SMILES string of the molecule is COc1ccc([C@@H](CC(=O)Nc2nc(-c3ccc4c(c3)OCO4)cs2)NC(C)=O)cc1. The van der Waals surface area contributed by atoms with Gasteiger partial charge in [-0.25, -0.2) is 4.98 Å². The van der Waals surface area contributed by atoms with Gasteiger partial charge < -0.3 is 24.8 Å². The van der Waals surface area contributed by atoms with Crippen molar-refractivity contribution in [3.05, 3.63) is 53.4 Å². The Labute approximate surface area is 183 Å². The van der Waals surface area contributed by atoms with Gasteiger partial charge in [0.15, 0.2) is 16.6 Å². The number of carbonyl (C=O) groups is 2. The molecule has 0 aliphatic carbocycles. The minimum absolute atomic E-state index is 0.0743. The minimum Gasteiger partial charge on any atom is -0.497 e. The maximum Gasteiger partial charge on any atom is 0.231 e. The molecule has 160 valence electrons. The predicted octanol–water partition coefficient (Wildman–Crippen LogP) is 3.75. The van der Waals surface area contributed by atoms with Gasteiger partial charge >= 0.3 is 0 Å². The largest absolute Gasteiger partial charge is 0.497 e. The van der Waals surface area contributed by atoms with Crippen LogP contribution >= 0.6 is 11.3 Å². The molecule has 1 aromatic heterocycles. The highest BCUT2D eigenvalue weighted by molar-refractivity contribution is 7.14. The van der Waals surface area contributed by atoms with E-state index in [0.717, 1.165) is 16.8 Å². The van der Waals surface area contributed by atoms with Gasteiger partial charge in [0, 0.05) is 17.9 Å². The Morgan fingerprint density at radius 2 is 1.94 bits per heavy atom. The Kier molecular flexibility index (Phi) is 6.03. The summed E-state index contributed by atoms with van der Waals surface area (Å²) in [6, 6.07) is 12.4. The maximum absolute atomic E-state index is 12.6. The van der Waals surface area contributed by atoms with Gasteiger partial charge in [-0.1, -0.05) is 12.1 Å². The van der Waals surface area contributed by atoms with Crippen LogP contribution in [0.3, 0.4) is 0 Å². The molecule has 0 saturated heterocycles. The van der Waals surface area contributed by atoms with Gasteiger partial charge in [-0.3, -0.25) is 9.59 Å². The average Bonchev–Trinajstić information content (AvgIpc) is 3.41. The van der Waals surface area contributed by atoms with Gasteiger partial charge in [0.05, 0.1) is 25.3 Å². The second-order valence-electron chi connectivity index (χ2n) is 6.88. The molecular formula is C22H21N3O5S. The smallest absolute Gasteiger partial charge is 0.231 e. The van der Waals surface area contributed by atoms with Gasteiger partial charge in [-0.15, -0.1) is 11.3 Å². The topological polar surface area (TPSA) is 98.8 Å². The van der Waals surface area contributed by atoms with E-state index in [4.69, 9.17) is 14.2 Å². The van der Waals surface area contributed by atoms with Gasteiger partial charge in [-0.05, 0) is 35.9 Å². The lowest BCUT2D eigenvalue weighted by molar-refractivity contribution is -0.120. The van der Waals surface area contributed by atoms with Crippen molar-refractivity contribution < 1.29 is 23.8 Å². The lowest BCUT2D eigenvalue weighted by Gasteiger charge is -2.18. The zero-order chi connectivity index (χ0) is 21.8. The predicted molar refractivity (Wildman–Crippen MR) is 116 cm³/mol. The fraction of sp³-hybridized carbons (Fsp3) is 0.227. The summed E-state index contributed by atoms with van der Waals surface area (Å²) in [6.07, 6.45) is 0.0743. The van der Waals surface area contributed by atoms with Crippen LogP contribution in [0, 0.1) is 0 Å². The number of benzene rings is 2. The molecule has 2 N–H and O–H groups in total. The highest BCUT2D eigenvalue weighted by Gasteiger charge is 2.19. The molecule has 0 radical (unpaired) electrons. The third-order valence-electron chi connectivity index (χ3n) is 4.70. The van der Waals surface area contributed by atoms with E-state index in [9.17, 15) is 9.59 Å². The van der Waals surface area contributed by atoms with Crippen molar-refractivity contribution in [2.75, 3.05) is 19.2 Å². The van der Waals surface area contributed by atoms with E-state index in [0.29, 0.717) is 22.4 Å². The zero-order valence-electron chi connectivity index (χ0n) is 17.0. The van der Waals surface area contributed by atoms with E-state index in [1.807, 2.05) is 35.7 Å². The number of hydrogen-bond acceptors (Lipinski definition) is 7. The quantitative estimate of drug-likeness (QED) is 0.582. The van der Waals surface area contributed by atoms with Crippen molar-refractivity contribution in [3.63, 3.8) is 0 Å². The fourth-order valence-electron chi connectivity index (χ4n) is 3.21. The van der Waals surface area contributed by atoms with Crippen molar-refractivity contribution in [2.45, 2.75) is 19.4 Å². The Balaban J connectivity index is 1.43. The molecule has 4 rings (SSSR count). The van der Waals surface area contributed by atoms with Gasteiger partial charge in [-0.2, -0.15) is 0 Å². The number of rotatable bonds is 7. The van der Waals surface area contributed by atoms with Crippen LogP contribution in [0.2, 0.25) is 0 Å². The van der Waals surface area contributed by atoms with Crippen LogP contribution in [0.25, 0.3) is 11.3 Å².